The van der Waals surface area contributed by atoms with Crippen LogP contribution in [0.5, 0.6) is 0 Å². The van der Waals surface area contributed by atoms with E-state index in [1.807, 2.05) is 12.2 Å². The van der Waals surface area contributed by atoms with Crippen molar-refractivity contribution in [3.63, 3.8) is 0 Å². The lowest BCUT2D eigenvalue weighted by Crippen LogP contribution is -2.30. The van der Waals surface area contributed by atoms with Gasteiger partial charge in [-0.15, -0.1) is 0 Å². The fourth-order valence-electron chi connectivity index (χ4n) is 9.60. The number of allylic oxidation sites excluding steroid dienone is 23. The number of phosphoric ester groups is 2. The number of carbonyl (C=O) groups excluding carboxylic acids is 4. The lowest BCUT2D eigenvalue weighted by molar-refractivity contribution is -0.161. The molecule has 0 rings (SSSR count). The summed E-state index contributed by atoms with van der Waals surface area (Å²) in [6, 6.07) is 0. The molecule has 0 spiro atoms. The first-order valence-corrected chi connectivity index (χ1v) is 41.1. The van der Waals surface area contributed by atoms with Crippen molar-refractivity contribution in [3.8, 4) is 0 Å². The third-order valence-electron chi connectivity index (χ3n) is 15.3. The molecule has 17 nitrogen and oxygen atoms in total. The number of esters is 4. The average molecular weight is 1440 g/mol. The highest BCUT2D eigenvalue weighted by molar-refractivity contribution is 7.47. The Kier molecular flexibility index (Phi) is 68.6. The quantitative estimate of drug-likeness (QED) is 0.0169. The van der Waals surface area contributed by atoms with E-state index in [1.165, 1.54) is 12.8 Å². The maximum absolute atomic E-state index is 13.1. The molecule has 5 unspecified atom stereocenters. The van der Waals surface area contributed by atoms with Crippen LogP contribution < -0.4 is 0 Å². The SMILES string of the molecule is CC/C=C\C/C=C\C/C=C\C/C=C\C/C=C\CC(=O)OC(COC(=O)CCCCCCCCC/C=C\C/C=C\C/C=C\CC)COP(=O)(O)OCC(O)COP(=O)(O)OCC(COC(=O)CCCCCCCCC/C=C\C/C=C\C/C=C\CC)OC(=O)CCCCCCC/C=C\CCCC. The van der Waals surface area contributed by atoms with Crippen molar-refractivity contribution >= 4 is 39.5 Å². The van der Waals surface area contributed by atoms with E-state index in [9.17, 15) is 43.2 Å². The van der Waals surface area contributed by atoms with E-state index >= 15 is 0 Å². The van der Waals surface area contributed by atoms with Gasteiger partial charge in [0.15, 0.2) is 12.2 Å². The molecule has 0 aliphatic rings. The van der Waals surface area contributed by atoms with Crippen molar-refractivity contribution in [3.05, 3.63) is 146 Å². The van der Waals surface area contributed by atoms with E-state index in [0.29, 0.717) is 25.7 Å². The van der Waals surface area contributed by atoms with E-state index in [2.05, 4.69) is 149 Å². The number of phosphoric acid groups is 2. The van der Waals surface area contributed by atoms with Crippen LogP contribution in [0.2, 0.25) is 0 Å². The van der Waals surface area contributed by atoms with Gasteiger partial charge >= 0.3 is 39.5 Å². The molecule has 0 aromatic rings. The lowest BCUT2D eigenvalue weighted by atomic mass is 10.1. The molecule has 0 fully saturated rings. The first kappa shape index (κ1) is 94.9. The molecule has 570 valence electrons. The van der Waals surface area contributed by atoms with Gasteiger partial charge in [0.2, 0.25) is 0 Å². The maximum atomic E-state index is 13.1. The summed E-state index contributed by atoms with van der Waals surface area (Å²) in [5.41, 5.74) is 0. The fraction of sp³-hybridized carbons (Fsp3) is 0.654. The molecular formula is C81H134O17P2. The number of hydrogen-bond acceptors (Lipinski definition) is 15. The number of ether oxygens (including phenoxy) is 4. The van der Waals surface area contributed by atoms with Crippen LogP contribution in [0.1, 0.15) is 285 Å². The summed E-state index contributed by atoms with van der Waals surface area (Å²) in [4.78, 5) is 72.8. The monoisotopic (exact) mass is 1440 g/mol. The molecule has 100 heavy (non-hydrogen) atoms. The maximum Gasteiger partial charge on any atom is 0.472 e. The lowest BCUT2D eigenvalue weighted by Gasteiger charge is -2.21. The van der Waals surface area contributed by atoms with Crippen molar-refractivity contribution in [1.29, 1.82) is 0 Å². The zero-order chi connectivity index (χ0) is 73.2. The van der Waals surface area contributed by atoms with Gasteiger partial charge in [-0.05, 0) is 135 Å². The van der Waals surface area contributed by atoms with E-state index < -0.39 is 97.5 Å². The second-order valence-electron chi connectivity index (χ2n) is 24.8. The van der Waals surface area contributed by atoms with Gasteiger partial charge < -0.3 is 33.8 Å². The largest absolute Gasteiger partial charge is 0.472 e. The second kappa shape index (κ2) is 72.3. The molecule has 5 atom stereocenters. The highest BCUT2D eigenvalue weighted by Crippen LogP contribution is 2.45. The Labute approximate surface area is 605 Å². The molecule has 0 aromatic carbocycles. The van der Waals surface area contributed by atoms with Crippen LogP contribution in [0.15, 0.2) is 146 Å². The number of carbonyl (C=O) groups is 4. The number of rotatable bonds is 70. The molecule has 0 saturated heterocycles. The fourth-order valence-corrected chi connectivity index (χ4v) is 11.2. The molecule has 0 amide bonds. The molecule has 0 saturated carbocycles. The van der Waals surface area contributed by atoms with Crippen LogP contribution in [0.4, 0.5) is 0 Å². The van der Waals surface area contributed by atoms with Crippen molar-refractivity contribution in [2.45, 2.75) is 303 Å². The van der Waals surface area contributed by atoms with Gasteiger partial charge in [0.1, 0.15) is 19.3 Å². The highest BCUT2D eigenvalue weighted by Gasteiger charge is 2.30. The van der Waals surface area contributed by atoms with Gasteiger partial charge in [-0.1, -0.05) is 270 Å². The molecule has 0 radical (unpaired) electrons. The molecule has 0 aliphatic heterocycles. The minimum absolute atomic E-state index is 0.0762. The number of aliphatic hydroxyl groups excluding tert-OH is 1. The number of hydrogen-bond donors (Lipinski definition) is 3. The van der Waals surface area contributed by atoms with Crippen molar-refractivity contribution in [2.24, 2.45) is 0 Å². The van der Waals surface area contributed by atoms with E-state index in [1.54, 1.807) is 12.2 Å². The normalized spacial score (nSPS) is 14.8. The molecule has 0 aromatic heterocycles. The first-order chi connectivity index (χ1) is 48.7. The van der Waals surface area contributed by atoms with E-state index in [0.717, 1.165) is 193 Å². The van der Waals surface area contributed by atoms with Gasteiger partial charge in [0.25, 0.3) is 0 Å². The summed E-state index contributed by atoms with van der Waals surface area (Å²) in [5.74, 6) is -2.36. The van der Waals surface area contributed by atoms with Gasteiger partial charge in [0.05, 0.1) is 32.8 Å². The Morgan fingerprint density at radius 2 is 0.560 bits per heavy atom. The average Bonchev–Trinajstić information content (AvgIpc) is 1.02. The zero-order valence-electron chi connectivity index (χ0n) is 62.1. The predicted molar refractivity (Wildman–Crippen MR) is 408 cm³/mol. The van der Waals surface area contributed by atoms with Crippen LogP contribution >= 0.6 is 15.6 Å². The topological polar surface area (TPSA) is 237 Å². The molecule has 0 bridgehead atoms. The van der Waals surface area contributed by atoms with Crippen LogP contribution in [-0.4, -0.2) is 96.7 Å². The summed E-state index contributed by atoms with van der Waals surface area (Å²) < 4.78 is 68.3. The Hall–Kier alpha value is -5.06. The van der Waals surface area contributed by atoms with Gasteiger partial charge in [-0.2, -0.15) is 0 Å². The Bertz CT molecular complexity index is 2470. The summed E-state index contributed by atoms with van der Waals surface area (Å²) in [6.45, 7) is 4.34. The van der Waals surface area contributed by atoms with Gasteiger partial charge in [-0.25, -0.2) is 9.13 Å². The molecule has 0 aliphatic carbocycles. The third kappa shape index (κ3) is 71.3. The predicted octanol–water partition coefficient (Wildman–Crippen LogP) is 21.9. The van der Waals surface area contributed by atoms with E-state index in [-0.39, 0.29) is 25.7 Å². The van der Waals surface area contributed by atoms with Gasteiger partial charge in [-0.3, -0.25) is 37.3 Å². The molecule has 19 heteroatoms. The number of aliphatic hydroxyl groups is 1. The zero-order valence-corrected chi connectivity index (χ0v) is 63.9. The van der Waals surface area contributed by atoms with Crippen molar-refractivity contribution < 1.29 is 80.2 Å². The number of unbranched alkanes of at least 4 members (excludes halogenated alkanes) is 21. The van der Waals surface area contributed by atoms with Crippen LogP contribution in [0.3, 0.4) is 0 Å². The minimum Gasteiger partial charge on any atom is -0.462 e. The van der Waals surface area contributed by atoms with Gasteiger partial charge in [0, 0.05) is 19.3 Å². The Morgan fingerprint density at radius 3 is 0.900 bits per heavy atom. The molecule has 0 heterocycles. The summed E-state index contributed by atoms with van der Waals surface area (Å²) >= 11 is 0. The summed E-state index contributed by atoms with van der Waals surface area (Å²) in [6.07, 6.45) is 81.6. The smallest absolute Gasteiger partial charge is 0.462 e. The highest BCUT2D eigenvalue weighted by atomic mass is 31.2. The van der Waals surface area contributed by atoms with Crippen LogP contribution in [0, 0.1) is 0 Å². The van der Waals surface area contributed by atoms with Crippen molar-refractivity contribution in [1.82, 2.24) is 0 Å². The van der Waals surface area contributed by atoms with Crippen molar-refractivity contribution in [2.75, 3.05) is 39.6 Å². The Balaban J connectivity index is 5.40. The summed E-state index contributed by atoms with van der Waals surface area (Å²) in [7, 11) is -9.99. The first-order valence-electron chi connectivity index (χ1n) is 38.1. The minimum atomic E-state index is -5.01. The van der Waals surface area contributed by atoms with Crippen LogP contribution in [-0.2, 0) is 65.4 Å². The Morgan fingerprint density at radius 1 is 0.300 bits per heavy atom. The molecular weight excluding hydrogens is 1310 g/mol. The standard InChI is InChI=1S/C81H134O17P2/c1-5-9-13-17-21-25-29-32-35-37-40-42-46-49-53-57-61-65-78(83)91-71-76(97-80(85)67-63-59-55-51-45-28-24-20-16-12-8-4)73-95-99(87,88)93-69-75(82)70-94-100(89,90)96-74-77(98-81(86)68-64-60-56-52-48-44-39-34-31-27-23-19-15-11-7-3)72-92-79(84)66-62-58-54-50-47-43-41-38-36-33-30-26-22-18-14-10-6-2/h9-11,13-15,20-27,32-36,39,48,52,60,64,75-77,82H,5-8,12,16-19,28-31,37-38,40-47,49-51,53-59,61-63,65-74H2,1-4H3,(H,87,88)(H,89,90)/b13-9-,14-10-,15-11-,24-20-,25-21-,26-22-,27-23-,35-32-,36-33-,39-34-,52-48-,64-60-. The third-order valence-corrected chi connectivity index (χ3v) is 17.2. The summed E-state index contributed by atoms with van der Waals surface area (Å²) in [5, 5.41) is 10.6. The van der Waals surface area contributed by atoms with Crippen LogP contribution in [0.25, 0.3) is 0 Å². The van der Waals surface area contributed by atoms with E-state index in [4.69, 9.17) is 37.0 Å². The second-order valence-corrected chi connectivity index (χ2v) is 27.7. The molecule has 3 N–H and O–H groups in total.